The van der Waals surface area contributed by atoms with Crippen LogP contribution in [0.1, 0.15) is 30.8 Å². The van der Waals surface area contributed by atoms with Crippen molar-refractivity contribution in [3.63, 3.8) is 0 Å². The zero-order valence-corrected chi connectivity index (χ0v) is 12.0. The third-order valence-corrected chi connectivity index (χ3v) is 3.81. The van der Waals surface area contributed by atoms with Crippen molar-refractivity contribution in [2.75, 3.05) is 24.0 Å². The summed E-state index contributed by atoms with van der Waals surface area (Å²) in [4.78, 5) is 9.36. The van der Waals surface area contributed by atoms with Gasteiger partial charge in [-0.25, -0.2) is 14.6 Å². The van der Waals surface area contributed by atoms with Crippen LogP contribution in [0.15, 0.2) is 12.1 Å². The number of piperidine rings is 1. The Kier molecular flexibility index (Phi) is 3.60. The number of hydrogen-bond donors (Lipinski definition) is 0. The van der Waals surface area contributed by atoms with Crippen LogP contribution in [0.3, 0.4) is 0 Å². The van der Waals surface area contributed by atoms with Gasteiger partial charge in [-0.3, -0.25) is 0 Å². The molecule has 0 N–H and O–H groups in total. The van der Waals surface area contributed by atoms with E-state index >= 15 is 0 Å². The lowest BCUT2D eigenvalue weighted by Gasteiger charge is -2.30. The van der Waals surface area contributed by atoms with E-state index in [4.69, 9.17) is 16.6 Å². The lowest BCUT2D eigenvalue weighted by molar-refractivity contribution is 0.474. The molecular formula is C14H19ClN4. The molecule has 1 aliphatic heterocycles. The summed E-state index contributed by atoms with van der Waals surface area (Å²) in [5.74, 6) is 1.63. The Bertz CT molecular complexity index is 572. The molecule has 2 aromatic heterocycles. The van der Waals surface area contributed by atoms with Gasteiger partial charge in [0, 0.05) is 31.1 Å². The van der Waals surface area contributed by atoms with E-state index in [2.05, 4.69) is 20.7 Å². The number of halogens is 1. The summed E-state index contributed by atoms with van der Waals surface area (Å²) in [5, 5.41) is 2.37. The van der Waals surface area contributed by atoms with E-state index in [0.29, 0.717) is 5.88 Å². The third kappa shape index (κ3) is 2.41. The Morgan fingerprint density at radius 2 is 1.95 bits per heavy atom. The van der Waals surface area contributed by atoms with Gasteiger partial charge < -0.3 is 5.01 Å². The van der Waals surface area contributed by atoms with Gasteiger partial charge in [-0.2, -0.15) is 0 Å². The smallest absolute Gasteiger partial charge is 0.179 e. The van der Waals surface area contributed by atoms with Crippen molar-refractivity contribution in [2.24, 2.45) is 0 Å². The fourth-order valence-electron chi connectivity index (χ4n) is 2.71. The second-order valence-corrected chi connectivity index (χ2v) is 5.47. The van der Waals surface area contributed by atoms with Gasteiger partial charge in [-0.05, 0) is 38.3 Å². The van der Waals surface area contributed by atoms with Gasteiger partial charge in [-0.1, -0.05) is 0 Å². The molecule has 1 saturated heterocycles. The van der Waals surface area contributed by atoms with E-state index in [1.165, 1.54) is 19.3 Å². The Hall–Kier alpha value is -1.29. The van der Waals surface area contributed by atoms with Crippen LogP contribution in [0.4, 0.5) is 0 Å². The SMILES string of the molecule is Cc1ccc2nc(CCCl)n(N3CCCCC3)c2n1. The zero-order valence-electron chi connectivity index (χ0n) is 11.3. The summed E-state index contributed by atoms with van der Waals surface area (Å²) < 4.78 is 2.20. The van der Waals surface area contributed by atoms with Gasteiger partial charge >= 0.3 is 0 Å². The summed E-state index contributed by atoms with van der Waals surface area (Å²) in [6.45, 7) is 4.18. The summed E-state index contributed by atoms with van der Waals surface area (Å²) >= 11 is 5.91. The summed E-state index contributed by atoms with van der Waals surface area (Å²) in [6.07, 6.45) is 4.59. The monoisotopic (exact) mass is 278 g/mol. The number of nitrogens with zero attached hydrogens (tertiary/aromatic N) is 4. The van der Waals surface area contributed by atoms with E-state index in [0.717, 1.165) is 42.2 Å². The average Bonchev–Trinajstić information content (AvgIpc) is 2.77. The number of imidazole rings is 1. The Labute approximate surface area is 118 Å². The summed E-state index contributed by atoms with van der Waals surface area (Å²) in [7, 11) is 0. The van der Waals surface area contributed by atoms with E-state index in [1.807, 2.05) is 13.0 Å². The molecule has 3 heterocycles. The van der Waals surface area contributed by atoms with Crippen LogP contribution in [0, 0.1) is 6.92 Å². The van der Waals surface area contributed by atoms with Crippen molar-refractivity contribution in [3.8, 4) is 0 Å². The quantitative estimate of drug-likeness (QED) is 0.810. The highest BCUT2D eigenvalue weighted by Crippen LogP contribution is 2.19. The van der Waals surface area contributed by atoms with E-state index in [9.17, 15) is 0 Å². The first-order valence-corrected chi connectivity index (χ1v) is 7.49. The van der Waals surface area contributed by atoms with E-state index in [-0.39, 0.29) is 0 Å². The predicted octanol–water partition coefficient (Wildman–Crippen LogP) is 2.64. The van der Waals surface area contributed by atoms with Gasteiger partial charge in [0.2, 0.25) is 0 Å². The molecule has 4 nitrogen and oxygen atoms in total. The van der Waals surface area contributed by atoms with Crippen LogP contribution >= 0.6 is 11.6 Å². The highest BCUT2D eigenvalue weighted by Gasteiger charge is 2.19. The number of hydrogen-bond acceptors (Lipinski definition) is 3. The van der Waals surface area contributed by atoms with Gasteiger partial charge in [-0.15, -0.1) is 11.6 Å². The molecule has 5 heteroatoms. The molecule has 102 valence electrons. The van der Waals surface area contributed by atoms with Crippen molar-refractivity contribution in [3.05, 3.63) is 23.7 Å². The third-order valence-electron chi connectivity index (χ3n) is 3.62. The maximum atomic E-state index is 5.91. The van der Waals surface area contributed by atoms with Crippen molar-refractivity contribution in [1.82, 2.24) is 14.6 Å². The number of alkyl halides is 1. The molecule has 0 amide bonds. The minimum Gasteiger partial charge on any atom is -0.310 e. The van der Waals surface area contributed by atoms with Crippen LogP contribution < -0.4 is 5.01 Å². The Morgan fingerprint density at radius 3 is 2.68 bits per heavy atom. The highest BCUT2D eigenvalue weighted by atomic mass is 35.5. The first kappa shape index (κ1) is 12.7. The molecule has 0 aromatic carbocycles. The molecule has 0 saturated carbocycles. The van der Waals surface area contributed by atoms with Crippen LogP contribution in [0.2, 0.25) is 0 Å². The van der Waals surface area contributed by atoms with Gasteiger partial charge in [0.25, 0.3) is 0 Å². The molecule has 0 spiro atoms. The Morgan fingerprint density at radius 1 is 1.16 bits per heavy atom. The molecule has 0 bridgehead atoms. The second-order valence-electron chi connectivity index (χ2n) is 5.09. The molecule has 1 aliphatic rings. The van der Waals surface area contributed by atoms with Crippen LogP contribution in [0.5, 0.6) is 0 Å². The predicted molar refractivity (Wildman–Crippen MR) is 78.5 cm³/mol. The van der Waals surface area contributed by atoms with Crippen LogP contribution in [-0.4, -0.2) is 33.6 Å². The summed E-state index contributed by atoms with van der Waals surface area (Å²) in [6, 6.07) is 4.07. The molecule has 2 aromatic rings. The van der Waals surface area contributed by atoms with Crippen LogP contribution in [0.25, 0.3) is 11.2 Å². The first-order valence-electron chi connectivity index (χ1n) is 6.96. The summed E-state index contributed by atoms with van der Waals surface area (Å²) in [5.41, 5.74) is 2.97. The number of rotatable bonds is 3. The van der Waals surface area contributed by atoms with Gasteiger partial charge in [0.15, 0.2) is 5.65 Å². The molecule has 0 unspecified atom stereocenters. The highest BCUT2D eigenvalue weighted by molar-refractivity contribution is 6.17. The fraction of sp³-hybridized carbons (Fsp3) is 0.571. The molecule has 19 heavy (non-hydrogen) atoms. The Balaban J connectivity index is 2.11. The van der Waals surface area contributed by atoms with E-state index < -0.39 is 0 Å². The van der Waals surface area contributed by atoms with Crippen LogP contribution in [-0.2, 0) is 6.42 Å². The molecule has 0 atom stereocenters. The number of aryl methyl sites for hydroxylation is 2. The minimum atomic E-state index is 0.593. The largest absolute Gasteiger partial charge is 0.310 e. The maximum absolute atomic E-state index is 5.91. The minimum absolute atomic E-state index is 0.593. The molecule has 0 aliphatic carbocycles. The normalized spacial score (nSPS) is 16.2. The van der Waals surface area contributed by atoms with Crippen molar-refractivity contribution < 1.29 is 0 Å². The van der Waals surface area contributed by atoms with E-state index in [1.54, 1.807) is 0 Å². The molecule has 0 radical (unpaired) electrons. The molecule has 3 rings (SSSR count). The maximum Gasteiger partial charge on any atom is 0.179 e. The first-order chi connectivity index (χ1) is 9.29. The lowest BCUT2D eigenvalue weighted by Crippen LogP contribution is -2.40. The average molecular weight is 279 g/mol. The topological polar surface area (TPSA) is 34.0 Å². The standard InChI is InChI=1S/C14H19ClN4/c1-11-5-6-12-14(16-11)19(13(17-12)7-8-15)18-9-3-2-4-10-18/h5-6H,2-4,7-10H2,1H3. The zero-order chi connectivity index (χ0) is 13.2. The number of aromatic nitrogens is 3. The fourth-order valence-corrected chi connectivity index (χ4v) is 2.88. The van der Waals surface area contributed by atoms with Gasteiger partial charge in [0.1, 0.15) is 11.3 Å². The number of pyridine rings is 1. The molecular weight excluding hydrogens is 260 g/mol. The lowest BCUT2D eigenvalue weighted by atomic mass is 10.2. The number of fused-ring (bicyclic) bond motifs is 1. The van der Waals surface area contributed by atoms with Crippen molar-refractivity contribution in [2.45, 2.75) is 32.6 Å². The van der Waals surface area contributed by atoms with Crippen molar-refractivity contribution in [1.29, 1.82) is 0 Å². The molecule has 1 fully saturated rings. The second kappa shape index (κ2) is 5.37. The van der Waals surface area contributed by atoms with Gasteiger partial charge in [0.05, 0.1) is 0 Å². The van der Waals surface area contributed by atoms with Crippen molar-refractivity contribution >= 4 is 22.8 Å².